The summed E-state index contributed by atoms with van der Waals surface area (Å²) in [5.41, 5.74) is 3.76. The van der Waals surface area contributed by atoms with Crippen molar-refractivity contribution in [3.8, 4) is 0 Å². The fraction of sp³-hybridized carbons (Fsp3) is 0.316. The summed E-state index contributed by atoms with van der Waals surface area (Å²) in [6.45, 7) is 3.91. The van der Waals surface area contributed by atoms with Crippen molar-refractivity contribution in [3.05, 3.63) is 57.6 Å². The normalized spacial score (nSPS) is 11.6. The van der Waals surface area contributed by atoms with Crippen molar-refractivity contribution in [2.24, 2.45) is 0 Å². The summed E-state index contributed by atoms with van der Waals surface area (Å²) in [7, 11) is -0.429. The van der Waals surface area contributed by atoms with Crippen LogP contribution in [0.3, 0.4) is 0 Å². The zero-order valence-corrected chi connectivity index (χ0v) is 17.7. The highest BCUT2D eigenvalue weighted by Crippen LogP contribution is 2.25. The second kappa shape index (κ2) is 8.33. The Morgan fingerprint density at radius 3 is 2.12 bits per heavy atom. The monoisotopic (exact) mass is 438 g/mol. The van der Waals surface area contributed by atoms with Crippen molar-refractivity contribution in [1.82, 2.24) is 4.31 Å². The molecule has 2 aromatic carbocycles. The number of sulfonamides is 1. The van der Waals surface area contributed by atoms with Crippen LogP contribution in [0.25, 0.3) is 0 Å². The van der Waals surface area contributed by atoms with Gasteiger partial charge in [0.2, 0.25) is 15.9 Å². The second-order valence-electron chi connectivity index (χ2n) is 6.39. The molecule has 0 aliphatic rings. The van der Waals surface area contributed by atoms with Crippen molar-refractivity contribution in [3.63, 3.8) is 0 Å². The maximum atomic E-state index is 12.3. The summed E-state index contributed by atoms with van der Waals surface area (Å²) in [5.74, 6) is -0.0662. The minimum absolute atomic E-state index is 0.0662. The van der Waals surface area contributed by atoms with Gasteiger partial charge in [0.1, 0.15) is 0 Å². The number of benzene rings is 2. The zero-order chi connectivity index (χ0) is 19.5. The molecular formula is C19H23BrN2O3S. The van der Waals surface area contributed by atoms with Crippen LogP contribution >= 0.6 is 15.9 Å². The molecule has 1 amide bonds. The minimum atomic E-state index is -3.43. The van der Waals surface area contributed by atoms with Crippen molar-refractivity contribution in [2.75, 3.05) is 19.4 Å². The fourth-order valence-electron chi connectivity index (χ4n) is 2.61. The van der Waals surface area contributed by atoms with E-state index in [1.54, 1.807) is 24.3 Å². The highest BCUT2D eigenvalue weighted by Gasteiger charge is 2.16. The second-order valence-corrected chi connectivity index (χ2v) is 9.46. The average Bonchev–Trinajstić information content (AvgIpc) is 2.56. The van der Waals surface area contributed by atoms with Crippen LogP contribution < -0.4 is 5.32 Å². The number of nitrogens with one attached hydrogen (secondary N) is 1. The number of amides is 1. The van der Waals surface area contributed by atoms with E-state index in [1.807, 2.05) is 26.0 Å². The van der Waals surface area contributed by atoms with E-state index in [-0.39, 0.29) is 10.8 Å². The number of carbonyl (C=O) groups excluding carboxylic acids is 1. The van der Waals surface area contributed by atoms with E-state index in [0.717, 1.165) is 26.9 Å². The van der Waals surface area contributed by atoms with Gasteiger partial charge in [-0.2, -0.15) is 0 Å². The van der Waals surface area contributed by atoms with E-state index in [1.165, 1.54) is 18.4 Å². The Morgan fingerprint density at radius 1 is 1.08 bits per heavy atom. The third-order valence-electron chi connectivity index (χ3n) is 4.10. The first-order valence-electron chi connectivity index (χ1n) is 8.19. The maximum Gasteiger partial charge on any atom is 0.242 e. The molecule has 1 N–H and O–H groups in total. The smallest absolute Gasteiger partial charge is 0.242 e. The molecule has 0 saturated carbocycles. The van der Waals surface area contributed by atoms with Gasteiger partial charge in [-0.3, -0.25) is 4.79 Å². The number of anilines is 1. The predicted octanol–water partition coefficient (Wildman–Crippen LogP) is 3.89. The third kappa shape index (κ3) is 4.93. The number of carbonyl (C=O) groups is 1. The lowest BCUT2D eigenvalue weighted by atomic mass is 10.1. The molecule has 0 atom stereocenters. The van der Waals surface area contributed by atoms with Crippen molar-refractivity contribution in [1.29, 1.82) is 0 Å². The quantitative estimate of drug-likeness (QED) is 0.743. The lowest BCUT2D eigenvalue weighted by Gasteiger charge is -2.13. The Morgan fingerprint density at radius 2 is 1.62 bits per heavy atom. The van der Waals surface area contributed by atoms with Crippen LogP contribution in [0.5, 0.6) is 0 Å². The van der Waals surface area contributed by atoms with Crippen molar-refractivity contribution in [2.45, 2.75) is 31.6 Å². The molecule has 0 aromatic heterocycles. The summed E-state index contributed by atoms with van der Waals surface area (Å²) in [6, 6.07) is 10.6. The first-order valence-corrected chi connectivity index (χ1v) is 10.4. The van der Waals surface area contributed by atoms with Crippen molar-refractivity contribution >= 4 is 37.5 Å². The topological polar surface area (TPSA) is 66.5 Å². The SMILES string of the molecule is Cc1cc(Br)cc(C)c1NC(=O)CCc1ccc(S(=O)(=O)N(C)C)cc1. The molecular weight excluding hydrogens is 416 g/mol. The molecule has 0 bridgehead atoms. The average molecular weight is 439 g/mol. The van der Waals surface area contributed by atoms with Gasteiger partial charge in [0.25, 0.3) is 0 Å². The molecule has 0 heterocycles. The lowest BCUT2D eigenvalue weighted by Crippen LogP contribution is -2.22. The van der Waals surface area contributed by atoms with Crippen LogP contribution in [-0.4, -0.2) is 32.7 Å². The molecule has 0 fully saturated rings. The highest BCUT2D eigenvalue weighted by molar-refractivity contribution is 9.10. The Kier molecular flexibility index (Phi) is 6.60. The largest absolute Gasteiger partial charge is 0.326 e. The first kappa shape index (κ1) is 20.6. The summed E-state index contributed by atoms with van der Waals surface area (Å²) in [4.78, 5) is 12.5. The zero-order valence-electron chi connectivity index (χ0n) is 15.3. The van der Waals surface area contributed by atoms with Crippen LogP contribution in [0.4, 0.5) is 5.69 Å². The fourth-order valence-corrected chi connectivity index (χ4v) is 4.19. The van der Waals surface area contributed by atoms with Crippen LogP contribution in [0.1, 0.15) is 23.1 Å². The molecule has 26 heavy (non-hydrogen) atoms. The van der Waals surface area contributed by atoms with Gasteiger partial charge in [-0.1, -0.05) is 28.1 Å². The molecule has 0 spiro atoms. The molecule has 0 aliphatic heterocycles. The number of nitrogens with zero attached hydrogens (tertiary/aromatic N) is 1. The summed E-state index contributed by atoms with van der Waals surface area (Å²) in [6.07, 6.45) is 0.872. The Balaban J connectivity index is 2.00. The first-order chi connectivity index (χ1) is 12.1. The molecule has 2 aromatic rings. The van der Waals surface area contributed by atoms with Crippen LogP contribution in [-0.2, 0) is 21.2 Å². The van der Waals surface area contributed by atoms with E-state index in [2.05, 4.69) is 21.2 Å². The van der Waals surface area contributed by atoms with Gasteiger partial charge in [0.05, 0.1) is 4.90 Å². The highest BCUT2D eigenvalue weighted by atomic mass is 79.9. The van der Waals surface area contributed by atoms with E-state index < -0.39 is 10.0 Å². The van der Waals surface area contributed by atoms with E-state index in [4.69, 9.17) is 0 Å². The molecule has 0 radical (unpaired) electrons. The Labute approximate surface area is 163 Å². The molecule has 0 unspecified atom stereocenters. The molecule has 0 aliphatic carbocycles. The molecule has 0 saturated heterocycles. The molecule has 5 nitrogen and oxygen atoms in total. The van der Waals surface area contributed by atoms with Gasteiger partial charge in [-0.05, 0) is 61.2 Å². The van der Waals surface area contributed by atoms with Gasteiger partial charge in [-0.25, -0.2) is 12.7 Å². The Hall–Kier alpha value is -1.70. The van der Waals surface area contributed by atoms with Gasteiger partial charge >= 0.3 is 0 Å². The summed E-state index contributed by atoms with van der Waals surface area (Å²) >= 11 is 3.44. The van der Waals surface area contributed by atoms with Crippen molar-refractivity contribution < 1.29 is 13.2 Å². The van der Waals surface area contributed by atoms with E-state index in [9.17, 15) is 13.2 Å². The maximum absolute atomic E-state index is 12.3. The third-order valence-corrected chi connectivity index (χ3v) is 6.39. The van der Waals surface area contributed by atoms with Crippen LogP contribution in [0.15, 0.2) is 45.8 Å². The van der Waals surface area contributed by atoms with Gasteiger partial charge in [0.15, 0.2) is 0 Å². The number of hydrogen-bond donors (Lipinski definition) is 1. The van der Waals surface area contributed by atoms with Crippen LogP contribution in [0, 0.1) is 13.8 Å². The van der Waals surface area contributed by atoms with E-state index >= 15 is 0 Å². The summed E-state index contributed by atoms with van der Waals surface area (Å²) < 4.78 is 26.3. The lowest BCUT2D eigenvalue weighted by molar-refractivity contribution is -0.116. The standard InChI is InChI=1S/C19H23BrN2O3S/c1-13-11-16(20)12-14(2)19(13)21-18(23)10-7-15-5-8-17(9-6-15)26(24,25)22(3)4/h5-6,8-9,11-12H,7,10H2,1-4H3,(H,21,23). The number of halogens is 1. The predicted molar refractivity (Wildman–Crippen MR) is 108 cm³/mol. The summed E-state index contributed by atoms with van der Waals surface area (Å²) in [5, 5.41) is 2.96. The number of hydrogen-bond acceptors (Lipinski definition) is 3. The van der Waals surface area contributed by atoms with Gasteiger partial charge in [0, 0.05) is 30.7 Å². The van der Waals surface area contributed by atoms with E-state index in [0.29, 0.717) is 12.8 Å². The van der Waals surface area contributed by atoms with Gasteiger partial charge < -0.3 is 5.32 Å². The molecule has 140 valence electrons. The van der Waals surface area contributed by atoms with Crippen LogP contribution in [0.2, 0.25) is 0 Å². The Bertz CT molecular complexity index is 884. The molecule has 2 rings (SSSR count). The van der Waals surface area contributed by atoms with Gasteiger partial charge in [-0.15, -0.1) is 0 Å². The number of rotatable bonds is 6. The minimum Gasteiger partial charge on any atom is -0.326 e. The molecule has 7 heteroatoms. The number of aryl methyl sites for hydroxylation is 3.